The van der Waals surface area contributed by atoms with E-state index in [1.165, 1.54) is 0 Å². The third kappa shape index (κ3) is 4.70. The molecule has 0 aliphatic carbocycles. The number of nitrogens with zero attached hydrogens (tertiary/aromatic N) is 5. The average molecular weight is 376 g/mol. The Morgan fingerprint density at radius 3 is 3.04 bits per heavy atom. The van der Waals surface area contributed by atoms with Gasteiger partial charge in [0.1, 0.15) is 0 Å². The number of aromatic nitrogens is 4. The van der Waals surface area contributed by atoms with E-state index in [1.54, 1.807) is 36.0 Å². The van der Waals surface area contributed by atoms with Crippen LogP contribution < -0.4 is 5.32 Å². The van der Waals surface area contributed by atoms with Crippen molar-refractivity contribution >= 4 is 11.8 Å². The summed E-state index contributed by atoms with van der Waals surface area (Å²) in [5, 5.41) is 6.60. The summed E-state index contributed by atoms with van der Waals surface area (Å²) in [6.45, 7) is 1.64. The number of hydrogen-bond donors (Lipinski definition) is 1. The predicted octanol–water partition coefficient (Wildman–Crippen LogP) is 0.796. The molecule has 1 aliphatic heterocycles. The van der Waals surface area contributed by atoms with Gasteiger partial charge in [-0.1, -0.05) is 5.16 Å². The molecule has 0 spiro atoms. The summed E-state index contributed by atoms with van der Waals surface area (Å²) in [6, 6.07) is -0.246. The fourth-order valence-corrected chi connectivity index (χ4v) is 3.08. The van der Waals surface area contributed by atoms with E-state index in [9.17, 15) is 9.59 Å². The molecule has 1 fully saturated rings. The molecule has 2 aromatic rings. The van der Waals surface area contributed by atoms with E-state index in [0.29, 0.717) is 43.7 Å². The minimum absolute atomic E-state index is 0.0281. The lowest BCUT2D eigenvalue weighted by molar-refractivity contribution is 0.0831. The van der Waals surface area contributed by atoms with Gasteiger partial charge in [0.2, 0.25) is 11.7 Å². The summed E-state index contributed by atoms with van der Waals surface area (Å²) < 4.78 is 11.8. The fourth-order valence-electron chi connectivity index (χ4n) is 3.08. The Morgan fingerprint density at radius 1 is 1.44 bits per heavy atom. The summed E-state index contributed by atoms with van der Waals surface area (Å²) in [7, 11) is 3.39. The van der Waals surface area contributed by atoms with Crippen molar-refractivity contribution in [1.82, 2.24) is 29.9 Å². The first-order valence-electron chi connectivity index (χ1n) is 8.93. The van der Waals surface area contributed by atoms with Crippen LogP contribution in [0.3, 0.4) is 0 Å². The maximum absolute atomic E-state index is 12.6. The van der Waals surface area contributed by atoms with Crippen LogP contribution in [0.2, 0.25) is 0 Å². The van der Waals surface area contributed by atoms with Gasteiger partial charge in [-0.05, 0) is 12.8 Å². The van der Waals surface area contributed by atoms with Crippen LogP contribution in [0, 0.1) is 5.92 Å². The number of carbonyl (C=O) groups excluding carboxylic acids is 2. The highest BCUT2D eigenvalue weighted by Gasteiger charge is 2.30. The zero-order valence-electron chi connectivity index (χ0n) is 15.6. The smallest absolute Gasteiger partial charge is 0.317 e. The van der Waals surface area contributed by atoms with E-state index in [1.807, 2.05) is 0 Å². The van der Waals surface area contributed by atoms with Crippen molar-refractivity contribution in [3.05, 3.63) is 29.9 Å². The van der Waals surface area contributed by atoms with Crippen molar-refractivity contribution in [2.45, 2.75) is 25.8 Å². The largest absolute Gasteiger partial charge is 0.384 e. The monoisotopic (exact) mass is 376 g/mol. The summed E-state index contributed by atoms with van der Waals surface area (Å²) in [5.74, 6) is 1.04. The molecule has 146 valence electrons. The van der Waals surface area contributed by atoms with Gasteiger partial charge in [0.05, 0.1) is 13.2 Å². The summed E-state index contributed by atoms with van der Waals surface area (Å²) in [4.78, 5) is 35.0. The second-order valence-corrected chi connectivity index (χ2v) is 6.52. The third-order valence-electron chi connectivity index (χ3n) is 4.55. The lowest BCUT2D eigenvalue weighted by atomic mass is 9.93. The molecule has 0 saturated carbocycles. The number of aryl methyl sites for hydroxylation is 1. The maximum atomic E-state index is 12.6. The number of carbonyl (C=O) groups is 2. The van der Waals surface area contributed by atoms with Crippen LogP contribution in [-0.4, -0.2) is 63.2 Å². The first-order chi connectivity index (χ1) is 13.1. The Bertz CT molecular complexity index is 786. The van der Waals surface area contributed by atoms with E-state index < -0.39 is 0 Å². The number of likely N-dealkylation sites (tertiary alicyclic amines) is 1. The molecule has 0 radical (unpaired) electrons. The third-order valence-corrected chi connectivity index (χ3v) is 4.55. The van der Waals surface area contributed by atoms with Crippen LogP contribution in [-0.2, 0) is 24.8 Å². The number of hydrogen-bond acceptors (Lipinski definition) is 7. The number of piperidine rings is 1. The SMILES string of the molecule is COCCc1noc(CNC(=O)N2CCCC(C(=O)c3nccn3C)C2)n1. The molecule has 10 nitrogen and oxygen atoms in total. The zero-order chi connectivity index (χ0) is 19.2. The Morgan fingerprint density at radius 2 is 2.30 bits per heavy atom. The van der Waals surface area contributed by atoms with Gasteiger partial charge < -0.3 is 24.0 Å². The molecular weight excluding hydrogens is 352 g/mol. The highest BCUT2D eigenvalue weighted by atomic mass is 16.5. The number of nitrogens with one attached hydrogen (secondary N) is 1. The van der Waals surface area contributed by atoms with Crippen LogP contribution in [0.15, 0.2) is 16.9 Å². The average Bonchev–Trinajstić information content (AvgIpc) is 3.32. The van der Waals surface area contributed by atoms with Crippen molar-refractivity contribution in [2.75, 3.05) is 26.8 Å². The van der Waals surface area contributed by atoms with Crippen molar-refractivity contribution < 1.29 is 18.8 Å². The maximum Gasteiger partial charge on any atom is 0.317 e. The molecule has 1 aliphatic rings. The number of methoxy groups -OCH3 is 1. The Balaban J connectivity index is 1.51. The molecule has 3 rings (SSSR count). The molecule has 27 heavy (non-hydrogen) atoms. The van der Waals surface area contributed by atoms with Gasteiger partial charge in [-0.15, -0.1) is 0 Å². The number of rotatable bonds is 7. The van der Waals surface area contributed by atoms with Crippen LogP contribution in [0.1, 0.15) is 35.2 Å². The van der Waals surface area contributed by atoms with Crippen molar-refractivity contribution in [2.24, 2.45) is 13.0 Å². The molecule has 3 heterocycles. The number of amides is 2. The first-order valence-corrected chi connectivity index (χ1v) is 8.93. The van der Waals surface area contributed by atoms with Crippen LogP contribution >= 0.6 is 0 Å². The quantitative estimate of drug-likeness (QED) is 0.711. The molecule has 2 aromatic heterocycles. The molecule has 1 saturated heterocycles. The second kappa shape index (κ2) is 8.76. The molecule has 0 bridgehead atoms. The van der Waals surface area contributed by atoms with Crippen LogP contribution in [0.25, 0.3) is 0 Å². The molecule has 0 aromatic carbocycles. The van der Waals surface area contributed by atoms with Gasteiger partial charge in [0.15, 0.2) is 11.6 Å². The number of imidazole rings is 1. The van der Waals surface area contributed by atoms with Crippen LogP contribution in [0.4, 0.5) is 4.79 Å². The van der Waals surface area contributed by atoms with E-state index >= 15 is 0 Å². The molecular formula is C17H24N6O4. The van der Waals surface area contributed by atoms with Gasteiger partial charge in [-0.2, -0.15) is 4.98 Å². The van der Waals surface area contributed by atoms with E-state index in [-0.39, 0.29) is 24.3 Å². The molecule has 1 N–H and O–H groups in total. The summed E-state index contributed by atoms with van der Waals surface area (Å²) >= 11 is 0. The van der Waals surface area contributed by atoms with E-state index in [4.69, 9.17) is 9.26 Å². The van der Waals surface area contributed by atoms with Crippen molar-refractivity contribution in [1.29, 1.82) is 0 Å². The lowest BCUT2D eigenvalue weighted by Crippen LogP contribution is -2.47. The molecule has 10 heteroatoms. The molecule has 1 unspecified atom stereocenters. The van der Waals surface area contributed by atoms with Gasteiger partial charge in [-0.3, -0.25) is 4.79 Å². The van der Waals surface area contributed by atoms with Crippen molar-refractivity contribution in [3.63, 3.8) is 0 Å². The van der Waals surface area contributed by atoms with E-state index in [0.717, 1.165) is 12.8 Å². The summed E-state index contributed by atoms with van der Waals surface area (Å²) in [6.07, 6.45) is 5.42. The lowest BCUT2D eigenvalue weighted by Gasteiger charge is -2.31. The minimum atomic E-state index is -0.246. The number of ketones is 1. The second-order valence-electron chi connectivity index (χ2n) is 6.52. The normalized spacial score (nSPS) is 17.1. The van der Waals surface area contributed by atoms with Gasteiger partial charge in [-0.25, -0.2) is 9.78 Å². The van der Waals surface area contributed by atoms with Crippen LogP contribution in [0.5, 0.6) is 0 Å². The van der Waals surface area contributed by atoms with Gasteiger partial charge >= 0.3 is 6.03 Å². The highest BCUT2D eigenvalue weighted by Crippen LogP contribution is 2.20. The molecule has 2 amide bonds. The predicted molar refractivity (Wildman–Crippen MR) is 93.9 cm³/mol. The first kappa shape index (κ1) is 19.0. The van der Waals surface area contributed by atoms with Gasteiger partial charge in [0, 0.05) is 52.0 Å². The topological polar surface area (TPSA) is 115 Å². The minimum Gasteiger partial charge on any atom is -0.384 e. The zero-order valence-corrected chi connectivity index (χ0v) is 15.6. The Labute approximate surface area is 156 Å². The summed E-state index contributed by atoms with van der Waals surface area (Å²) in [5.41, 5.74) is 0. The standard InChI is InChI=1S/C17H24N6O4/c1-22-8-6-18-16(22)15(24)12-4-3-7-23(11-12)17(25)19-10-14-20-13(21-27-14)5-9-26-2/h6,8,12H,3-5,7,9-11H2,1-2H3,(H,19,25). The molecule has 1 atom stereocenters. The number of Topliss-reactive ketones (excluding diaryl/α,β-unsaturated/α-hetero) is 1. The Kier molecular flexibility index (Phi) is 6.17. The number of ether oxygens (including phenoxy) is 1. The Hall–Kier alpha value is -2.75. The van der Waals surface area contributed by atoms with Gasteiger partial charge in [0.25, 0.3) is 0 Å². The van der Waals surface area contributed by atoms with E-state index in [2.05, 4.69) is 20.4 Å². The fraction of sp³-hybridized carbons (Fsp3) is 0.588. The number of urea groups is 1. The highest BCUT2D eigenvalue weighted by molar-refractivity contribution is 5.95. The van der Waals surface area contributed by atoms with Crippen molar-refractivity contribution in [3.8, 4) is 0 Å².